The van der Waals surface area contributed by atoms with Crippen molar-refractivity contribution in [3.8, 4) is 0 Å². The minimum atomic E-state index is -0.181. The van der Waals surface area contributed by atoms with Crippen LogP contribution in [0, 0.1) is 18.2 Å². The Bertz CT molecular complexity index is 622. The first-order chi connectivity index (χ1) is 12.0. The summed E-state index contributed by atoms with van der Waals surface area (Å²) in [6.07, 6.45) is 3.86. The number of methoxy groups -OCH3 is 1. The molecule has 0 aliphatic carbocycles. The molecule has 4 nitrogen and oxygen atoms in total. The maximum atomic E-state index is 13.5. The zero-order valence-electron chi connectivity index (χ0n) is 15.4. The smallest absolute Gasteiger partial charge is 0.228 e. The van der Waals surface area contributed by atoms with E-state index in [0.29, 0.717) is 19.1 Å². The van der Waals surface area contributed by atoms with Crippen molar-refractivity contribution in [2.75, 3.05) is 39.9 Å². The van der Waals surface area contributed by atoms with Gasteiger partial charge in [0.25, 0.3) is 0 Å². The van der Waals surface area contributed by atoms with Crippen LogP contribution >= 0.6 is 0 Å². The second kappa shape index (κ2) is 7.83. The number of hydrogen-bond acceptors (Lipinski definition) is 3. The van der Waals surface area contributed by atoms with E-state index in [1.807, 2.05) is 17.9 Å². The first-order valence-electron chi connectivity index (χ1n) is 9.30. The van der Waals surface area contributed by atoms with Gasteiger partial charge in [-0.15, -0.1) is 0 Å². The van der Waals surface area contributed by atoms with Crippen molar-refractivity contribution >= 4 is 5.91 Å². The number of ether oxygens (including phenoxy) is 1. The van der Waals surface area contributed by atoms with E-state index in [-0.39, 0.29) is 11.2 Å². The molecule has 0 saturated carbocycles. The van der Waals surface area contributed by atoms with Gasteiger partial charge in [0.05, 0.1) is 12.0 Å². The molecule has 0 aromatic heterocycles. The molecule has 1 aromatic carbocycles. The topological polar surface area (TPSA) is 32.8 Å². The van der Waals surface area contributed by atoms with Gasteiger partial charge in [0.2, 0.25) is 5.91 Å². The van der Waals surface area contributed by atoms with Gasteiger partial charge in [0, 0.05) is 26.7 Å². The summed E-state index contributed by atoms with van der Waals surface area (Å²) in [5.74, 6) is 0.139. The fourth-order valence-corrected chi connectivity index (χ4v) is 4.23. The van der Waals surface area contributed by atoms with Gasteiger partial charge in [-0.1, -0.05) is 6.07 Å². The minimum absolute atomic E-state index is 0.174. The Kier molecular flexibility index (Phi) is 5.74. The number of carbonyl (C=O) groups excluding carboxylic acids is 1. The van der Waals surface area contributed by atoms with Crippen molar-refractivity contribution in [1.29, 1.82) is 0 Å². The summed E-state index contributed by atoms with van der Waals surface area (Å²) in [5.41, 5.74) is 2.00. The summed E-state index contributed by atoms with van der Waals surface area (Å²) in [6.45, 7) is 6.83. The van der Waals surface area contributed by atoms with Gasteiger partial charge in [-0.3, -0.25) is 9.69 Å². The highest BCUT2D eigenvalue weighted by atomic mass is 19.1. The third kappa shape index (κ3) is 4.04. The normalized spacial score (nSPS) is 24.9. The lowest BCUT2D eigenvalue weighted by Crippen LogP contribution is -2.37. The second-order valence-electron chi connectivity index (χ2n) is 7.52. The number of rotatable bonds is 5. The standard InChI is InChI=1S/C20H29FN2O2/c1-16-4-5-18(21)14-17(16)15-22-9-3-6-20(7-10-22)8-11-23(19(20)24)12-13-25-2/h4-5,14H,3,6-13,15H2,1-2H3. The van der Waals surface area contributed by atoms with E-state index >= 15 is 0 Å². The summed E-state index contributed by atoms with van der Waals surface area (Å²) >= 11 is 0. The molecule has 0 N–H and O–H groups in total. The van der Waals surface area contributed by atoms with Crippen molar-refractivity contribution in [2.24, 2.45) is 5.41 Å². The van der Waals surface area contributed by atoms with Gasteiger partial charge >= 0.3 is 0 Å². The molecule has 3 rings (SSSR count). The van der Waals surface area contributed by atoms with Gasteiger partial charge < -0.3 is 9.64 Å². The van der Waals surface area contributed by atoms with Crippen LogP contribution in [0.1, 0.15) is 36.8 Å². The van der Waals surface area contributed by atoms with Crippen molar-refractivity contribution in [3.63, 3.8) is 0 Å². The summed E-state index contributed by atoms with van der Waals surface area (Å²) in [5, 5.41) is 0. The molecular formula is C20H29FN2O2. The van der Waals surface area contributed by atoms with Crippen LogP contribution in [0.2, 0.25) is 0 Å². The average Bonchev–Trinajstić information content (AvgIpc) is 2.77. The van der Waals surface area contributed by atoms with E-state index < -0.39 is 0 Å². The van der Waals surface area contributed by atoms with E-state index in [9.17, 15) is 9.18 Å². The predicted octanol–water partition coefficient (Wildman–Crippen LogP) is 2.99. The molecule has 2 aliphatic heterocycles. The summed E-state index contributed by atoms with van der Waals surface area (Å²) in [7, 11) is 1.67. The molecule has 2 fully saturated rings. The van der Waals surface area contributed by atoms with Crippen LogP contribution in [0.5, 0.6) is 0 Å². The lowest BCUT2D eigenvalue weighted by Gasteiger charge is -2.27. The van der Waals surface area contributed by atoms with E-state index in [0.717, 1.165) is 63.0 Å². The molecule has 1 atom stereocenters. The van der Waals surface area contributed by atoms with Crippen LogP contribution in [0.4, 0.5) is 4.39 Å². The zero-order valence-corrected chi connectivity index (χ0v) is 15.4. The van der Waals surface area contributed by atoms with Gasteiger partial charge in [0.15, 0.2) is 0 Å². The number of hydrogen-bond donors (Lipinski definition) is 0. The van der Waals surface area contributed by atoms with Crippen LogP contribution in [0.25, 0.3) is 0 Å². The number of carbonyl (C=O) groups is 1. The number of amides is 1. The molecule has 2 heterocycles. The lowest BCUT2D eigenvalue weighted by atomic mass is 9.79. The minimum Gasteiger partial charge on any atom is -0.383 e. The summed E-state index contributed by atoms with van der Waals surface area (Å²) in [4.78, 5) is 17.3. The van der Waals surface area contributed by atoms with Crippen molar-refractivity contribution in [3.05, 3.63) is 35.1 Å². The highest BCUT2D eigenvalue weighted by Gasteiger charge is 2.46. The van der Waals surface area contributed by atoms with Gasteiger partial charge in [-0.2, -0.15) is 0 Å². The maximum absolute atomic E-state index is 13.5. The first kappa shape index (κ1) is 18.3. The average molecular weight is 348 g/mol. The molecular weight excluding hydrogens is 319 g/mol. The van der Waals surface area contributed by atoms with Crippen LogP contribution in [-0.2, 0) is 16.1 Å². The van der Waals surface area contributed by atoms with Gasteiger partial charge in [0.1, 0.15) is 5.82 Å². The quantitative estimate of drug-likeness (QED) is 0.820. The third-order valence-electron chi connectivity index (χ3n) is 5.91. The number of aryl methyl sites for hydroxylation is 1. The molecule has 25 heavy (non-hydrogen) atoms. The SMILES string of the molecule is COCCN1CCC2(CCCN(Cc3cc(F)ccc3C)CC2)C1=O. The largest absolute Gasteiger partial charge is 0.383 e. The monoisotopic (exact) mass is 348 g/mol. The van der Waals surface area contributed by atoms with Gasteiger partial charge in [-0.25, -0.2) is 4.39 Å². The number of halogens is 1. The third-order valence-corrected chi connectivity index (χ3v) is 5.91. The Labute approximate surface area is 149 Å². The molecule has 1 spiro atoms. The summed E-state index contributed by atoms with van der Waals surface area (Å²) in [6, 6.07) is 5.00. The van der Waals surface area contributed by atoms with Crippen molar-refractivity contribution < 1.29 is 13.9 Å². The Balaban J connectivity index is 1.63. The van der Waals surface area contributed by atoms with Crippen LogP contribution in [0.15, 0.2) is 18.2 Å². The highest BCUT2D eigenvalue weighted by Crippen LogP contribution is 2.41. The van der Waals surface area contributed by atoms with E-state index in [1.165, 1.54) is 6.07 Å². The first-order valence-corrected chi connectivity index (χ1v) is 9.30. The Morgan fingerprint density at radius 2 is 2.00 bits per heavy atom. The molecule has 1 aromatic rings. The van der Waals surface area contributed by atoms with E-state index in [1.54, 1.807) is 13.2 Å². The molecule has 0 bridgehead atoms. The molecule has 5 heteroatoms. The highest BCUT2D eigenvalue weighted by molar-refractivity contribution is 5.84. The van der Waals surface area contributed by atoms with E-state index in [2.05, 4.69) is 4.90 Å². The Morgan fingerprint density at radius 1 is 1.20 bits per heavy atom. The number of nitrogens with zero attached hydrogens (tertiary/aromatic N) is 2. The maximum Gasteiger partial charge on any atom is 0.228 e. The Morgan fingerprint density at radius 3 is 2.80 bits per heavy atom. The zero-order chi connectivity index (χ0) is 17.9. The summed E-state index contributed by atoms with van der Waals surface area (Å²) < 4.78 is 18.7. The number of likely N-dealkylation sites (tertiary alicyclic amines) is 2. The molecule has 2 saturated heterocycles. The lowest BCUT2D eigenvalue weighted by molar-refractivity contribution is -0.137. The Hall–Kier alpha value is -1.46. The fourth-order valence-electron chi connectivity index (χ4n) is 4.23. The van der Waals surface area contributed by atoms with Gasteiger partial charge in [-0.05, 0) is 69.0 Å². The fraction of sp³-hybridized carbons (Fsp3) is 0.650. The van der Waals surface area contributed by atoms with E-state index in [4.69, 9.17) is 4.74 Å². The number of benzene rings is 1. The van der Waals surface area contributed by atoms with Crippen molar-refractivity contribution in [2.45, 2.75) is 39.2 Å². The molecule has 0 radical (unpaired) electrons. The predicted molar refractivity (Wildman–Crippen MR) is 95.8 cm³/mol. The molecule has 1 unspecified atom stereocenters. The van der Waals surface area contributed by atoms with Crippen LogP contribution in [0.3, 0.4) is 0 Å². The molecule has 1 amide bonds. The van der Waals surface area contributed by atoms with Crippen molar-refractivity contribution in [1.82, 2.24) is 9.80 Å². The second-order valence-corrected chi connectivity index (χ2v) is 7.52. The van der Waals surface area contributed by atoms with Crippen LogP contribution < -0.4 is 0 Å². The van der Waals surface area contributed by atoms with Crippen LogP contribution in [-0.4, -0.2) is 55.6 Å². The molecule has 2 aliphatic rings. The molecule has 138 valence electrons.